The van der Waals surface area contributed by atoms with E-state index >= 15 is 0 Å². The first-order chi connectivity index (χ1) is 9.65. The molecule has 1 amide bonds. The van der Waals surface area contributed by atoms with Crippen molar-refractivity contribution in [3.05, 3.63) is 47.1 Å². The minimum Gasteiger partial charge on any atom is -0.311 e. The Bertz CT molecular complexity index is 638. The molecule has 1 aromatic heterocycles. The zero-order chi connectivity index (χ0) is 14.1. The van der Waals surface area contributed by atoms with Gasteiger partial charge in [0.05, 0.1) is 12.7 Å². The van der Waals surface area contributed by atoms with Gasteiger partial charge in [-0.1, -0.05) is 36.7 Å². The molecule has 2 unspecified atom stereocenters. The van der Waals surface area contributed by atoms with Crippen molar-refractivity contribution in [2.24, 2.45) is 11.8 Å². The van der Waals surface area contributed by atoms with Gasteiger partial charge in [0.15, 0.2) is 0 Å². The lowest BCUT2D eigenvalue weighted by atomic mass is 10.2. The summed E-state index contributed by atoms with van der Waals surface area (Å²) in [5, 5.41) is 7.89. The number of benzene rings is 1. The summed E-state index contributed by atoms with van der Waals surface area (Å²) in [6.45, 7) is 2.63. The minimum absolute atomic E-state index is 0.0819. The number of nitrogens with zero attached hydrogens (tertiary/aromatic N) is 2. The molecule has 0 spiro atoms. The van der Waals surface area contributed by atoms with Crippen molar-refractivity contribution < 1.29 is 4.79 Å². The molecule has 2 atom stereocenters. The van der Waals surface area contributed by atoms with E-state index in [2.05, 4.69) is 17.3 Å². The SMILES string of the molecule is CC1CC1C(=O)Nc1ccnn1Cc1ccccc1Cl. The van der Waals surface area contributed by atoms with Crippen molar-refractivity contribution >= 4 is 23.3 Å². The molecule has 1 saturated carbocycles. The van der Waals surface area contributed by atoms with Crippen LogP contribution >= 0.6 is 11.6 Å². The second-order valence-corrected chi connectivity index (χ2v) is 5.68. The Balaban J connectivity index is 1.73. The molecular weight excluding hydrogens is 274 g/mol. The van der Waals surface area contributed by atoms with Crippen molar-refractivity contribution in [2.75, 3.05) is 5.32 Å². The fourth-order valence-corrected chi connectivity index (χ4v) is 2.45. The van der Waals surface area contributed by atoms with Gasteiger partial charge < -0.3 is 5.32 Å². The average molecular weight is 290 g/mol. The molecule has 4 nitrogen and oxygen atoms in total. The van der Waals surface area contributed by atoms with E-state index in [1.165, 1.54) is 0 Å². The lowest BCUT2D eigenvalue weighted by Gasteiger charge is -2.10. The number of nitrogens with one attached hydrogen (secondary N) is 1. The standard InChI is InChI=1S/C15H16ClN3O/c1-10-8-12(10)15(20)18-14-6-7-17-19(14)9-11-4-2-3-5-13(11)16/h2-7,10,12H,8-9H2,1H3,(H,18,20). The Kier molecular flexibility index (Phi) is 3.49. The van der Waals surface area contributed by atoms with Gasteiger partial charge in [0.25, 0.3) is 0 Å². The van der Waals surface area contributed by atoms with Crippen LogP contribution in [0.3, 0.4) is 0 Å². The van der Waals surface area contributed by atoms with Crippen LogP contribution in [0.1, 0.15) is 18.9 Å². The van der Waals surface area contributed by atoms with Gasteiger partial charge in [-0.2, -0.15) is 5.10 Å². The Labute approximate surface area is 122 Å². The molecule has 0 saturated heterocycles. The van der Waals surface area contributed by atoms with Crippen LogP contribution < -0.4 is 5.32 Å². The number of anilines is 1. The molecule has 104 valence electrons. The maximum absolute atomic E-state index is 12.0. The number of amides is 1. The van der Waals surface area contributed by atoms with Gasteiger partial charge in [-0.3, -0.25) is 4.79 Å². The third-order valence-electron chi connectivity index (χ3n) is 3.69. The van der Waals surface area contributed by atoms with Crippen LogP contribution in [-0.2, 0) is 11.3 Å². The zero-order valence-corrected chi connectivity index (χ0v) is 12.0. The molecule has 1 fully saturated rings. The maximum Gasteiger partial charge on any atom is 0.228 e. The number of hydrogen-bond donors (Lipinski definition) is 1. The van der Waals surface area contributed by atoms with E-state index in [4.69, 9.17) is 11.6 Å². The van der Waals surface area contributed by atoms with E-state index in [-0.39, 0.29) is 11.8 Å². The largest absolute Gasteiger partial charge is 0.311 e. The van der Waals surface area contributed by atoms with Crippen molar-refractivity contribution in [3.63, 3.8) is 0 Å². The minimum atomic E-state index is 0.0819. The first-order valence-electron chi connectivity index (χ1n) is 6.71. The highest BCUT2D eigenvalue weighted by Crippen LogP contribution is 2.38. The quantitative estimate of drug-likeness (QED) is 0.940. The van der Waals surface area contributed by atoms with E-state index in [0.717, 1.165) is 12.0 Å². The summed E-state index contributed by atoms with van der Waals surface area (Å²) in [7, 11) is 0. The summed E-state index contributed by atoms with van der Waals surface area (Å²) in [5.74, 6) is 1.45. The van der Waals surface area contributed by atoms with E-state index in [0.29, 0.717) is 23.3 Å². The van der Waals surface area contributed by atoms with Gasteiger partial charge in [-0.25, -0.2) is 4.68 Å². The summed E-state index contributed by atoms with van der Waals surface area (Å²) in [6.07, 6.45) is 2.66. The first-order valence-corrected chi connectivity index (χ1v) is 7.09. The molecule has 0 aliphatic heterocycles. The Hall–Kier alpha value is -1.81. The highest BCUT2D eigenvalue weighted by molar-refractivity contribution is 6.31. The second-order valence-electron chi connectivity index (χ2n) is 5.27. The lowest BCUT2D eigenvalue weighted by Crippen LogP contribution is -2.18. The van der Waals surface area contributed by atoms with E-state index in [9.17, 15) is 4.79 Å². The number of halogens is 1. The van der Waals surface area contributed by atoms with Gasteiger partial charge in [0.1, 0.15) is 5.82 Å². The summed E-state index contributed by atoms with van der Waals surface area (Å²) >= 11 is 6.15. The molecule has 2 aromatic rings. The van der Waals surface area contributed by atoms with Crippen LogP contribution in [0.5, 0.6) is 0 Å². The number of aromatic nitrogens is 2. The molecule has 0 radical (unpaired) electrons. The summed E-state index contributed by atoms with van der Waals surface area (Å²) in [4.78, 5) is 12.0. The average Bonchev–Trinajstić information content (AvgIpc) is 3.01. The van der Waals surface area contributed by atoms with Crippen LogP contribution in [0.2, 0.25) is 5.02 Å². The highest BCUT2D eigenvalue weighted by Gasteiger charge is 2.39. The first kappa shape index (κ1) is 13.2. The molecule has 1 aromatic carbocycles. The van der Waals surface area contributed by atoms with Crippen LogP contribution in [-0.4, -0.2) is 15.7 Å². The van der Waals surface area contributed by atoms with Crippen molar-refractivity contribution in [1.29, 1.82) is 0 Å². The Morgan fingerprint density at radius 2 is 2.20 bits per heavy atom. The number of carbonyl (C=O) groups is 1. The van der Waals surface area contributed by atoms with Gasteiger partial charge in [-0.05, 0) is 24.0 Å². The fourth-order valence-electron chi connectivity index (χ4n) is 2.26. The normalized spacial score (nSPS) is 20.7. The summed E-state index contributed by atoms with van der Waals surface area (Å²) < 4.78 is 1.76. The number of rotatable bonds is 4. The molecule has 1 aliphatic rings. The molecule has 1 heterocycles. The van der Waals surface area contributed by atoms with Crippen LogP contribution in [0.15, 0.2) is 36.5 Å². The molecule has 20 heavy (non-hydrogen) atoms. The monoisotopic (exact) mass is 289 g/mol. The van der Waals surface area contributed by atoms with Crippen molar-refractivity contribution in [1.82, 2.24) is 9.78 Å². The number of carbonyl (C=O) groups excluding carboxylic acids is 1. The Morgan fingerprint density at radius 3 is 2.90 bits per heavy atom. The predicted molar refractivity (Wildman–Crippen MR) is 78.7 cm³/mol. The zero-order valence-electron chi connectivity index (χ0n) is 11.2. The van der Waals surface area contributed by atoms with Crippen LogP contribution in [0, 0.1) is 11.8 Å². The molecule has 1 aliphatic carbocycles. The molecular formula is C15H16ClN3O. The second kappa shape index (κ2) is 5.29. The van der Waals surface area contributed by atoms with E-state index < -0.39 is 0 Å². The van der Waals surface area contributed by atoms with Crippen LogP contribution in [0.25, 0.3) is 0 Å². The predicted octanol–water partition coefficient (Wildman–Crippen LogP) is 3.18. The van der Waals surface area contributed by atoms with E-state index in [1.54, 1.807) is 10.9 Å². The number of hydrogen-bond acceptors (Lipinski definition) is 2. The van der Waals surface area contributed by atoms with Gasteiger partial charge in [0.2, 0.25) is 5.91 Å². The fraction of sp³-hybridized carbons (Fsp3) is 0.333. The van der Waals surface area contributed by atoms with Crippen molar-refractivity contribution in [2.45, 2.75) is 19.9 Å². The highest BCUT2D eigenvalue weighted by atomic mass is 35.5. The van der Waals surface area contributed by atoms with Gasteiger partial charge in [-0.15, -0.1) is 0 Å². The summed E-state index contributed by atoms with van der Waals surface area (Å²) in [5.41, 5.74) is 0.980. The molecule has 5 heteroatoms. The smallest absolute Gasteiger partial charge is 0.228 e. The molecule has 0 bridgehead atoms. The molecule has 1 N–H and O–H groups in total. The van der Waals surface area contributed by atoms with Gasteiger partial charge >= 0.3 is 0 Å². The molecule has 3 rings (SSSR count). The topological polar surface area (TPSA) is 46.9 Å². The third-order valence-corrected chi connectivity index (χ3v) is 4.06. The van der Waals surface area contributed by atoms with Crippen molar-refractivity contribution in [3.8, 4) is 0 Å². The maximum atomic E-state index is 12.0. The Morgan fingerprint density at radius 1 is 1.45 bits per heavy atom. The van der Waals surface area contributed by atoms with Crippen LogP contribution in [0.4, 0.5) is 5.82 Å². The van der Waals surface area contributed by atoms with E-state index in [1.807, 2.05) is 30.3 Å². The summed E-state index contributed by atoms with van der Waals surface area (Å²) in [6, 6.07) is 9.45. The lowest BCUT2D eigenvalue weighted by molar-refractivity contribution is -0.117. The van der Waals surface area contributed by atoms with Gasteiger partial charge in [0, 0.05) is 17.0 Å². The third kappa shape index (κ3) is 2.70.